The maximum absolute atomic E-state index is 13.9. The number of hydrogen-bond acceptors (Lipinski definition) is 5. The molecule has 3 aromatic carbocycles. The zero-order chi connectivity index (χ0) is 29.9. The van der Waals surface area contributed by atoms with Crippen LogP contribution in [0.5, 0.6) is 0 Å². The van der Waals surface area contributed by atoms with E-state index in [1.807, 2.05) is 11.0 Å². The Morgan fingerprint density at radius 2 is 1.55 bits per heavy atom. The van der Waals surface area contributed by atoms with Gasteiger partial charge in [-0.3, -0.25) is 14.7 Å². The first-order valence-electron chi connectivity index (χ1n) is 13.6. The molecule has 1 aliphatic heterocycles. The molecule has 1 aromatic heterocycles. The van der Waals surface area contributed by atoms with E-state index in [0.29, 0.717) is 24.2 Å². The van der Waals surface area contributed by atoms with Crippen LogP contribution in [-0.2, 0) is 12.7 Å². The van der Waals surface area contributed by atoms with Gasteiger partial charge in [-0.15, -0.1) is 0 Å². The summed E-state index contributed by atoms with van der Waals surface area (Å²) in [6.45, 7) is 6.26. The van der Waals surface area contributed by atoms with Gasteiger partial charge in [-0.05, 0) is 59.0 Å². The normalized spacial score (nSPS) is 14.6. The molecule has 42 heavy (non-hydrogen) atoms. The third kappa shape index (κ3) is 6.53. The number of fused-ring (bicyclic) bond motifs is 1. The highest BCUT2D eigenvalue weighted by Crippen LogP contribution is 2.35. The van der Waals surface area contributed by atoms with Crippen molar-refractivity contribution in [3.63, 3.8) is 0 Å². The van der Waals surface area contributed by atoms with Crippen molar-refractivity contribution in [2.24, 2.45) is 5.73 Å². The zero-order valence-electron chi connectivity index (χ0n) is 23.0. The number of benzene rings is 3. The molecule has 0 saturated carbocycles. The monoisotopic (exact) mass is 576 g/mol. The molecule has 8 nitrogen and oxygen atoms in total. The van der Waals surface area contributed by atoms with Crippen LogP contribution in [0.2, 0.25) is 0 Å². The molecule has 11 heteroatoms. The molecular weight excluding hydrogens is 545 g/mol. The van der Waals surface area contributed by atoms with Crippen LogP contribution in [0.15, 0.2) is 72.9 Å². The molecule has 3 amide bonds. The number of piperazine rings is 1. The number of carbonyl (C=O) groups is 2. The average molecular weight is 577 g/mol. The van der Waals surface area contributed by atoms with Crippen molar-refractivity contribution in [1.29, 1.82) is 0 Å². The highest BCUT2D eigenvalue weighted by atomic mass is 19.4. The fourth-order valence-corrected chi connectivity index (χ4v) is 5.24. The average Bonchev–Trinajstić information content (AvgIpc) is 2.97. The Kier molecular flexibility index (Phi) is 8.41. The number of rotatable bonds is 7. The number of nitrogens with one attached hydrogen (secondary N) is 2. The predicted molar refractivity (Wildman–Crippen MR) is 157 cm³/mol. The number of aromatic nitrogens is 1. The zero-order valence-corrected chi connectivity index (χ0v) is 23.0. The van der Waals surface area contributed by atoms with Crippen LogP contribution < -0.4 is 16.4 Å². The molecule has 1 fully saturated rings. The van der Waals surface area contributed by atoms with Crippen LogP contribution in [0.3, 0.4) is 0 Å². The smallest absolute Gasteiger partial charge is 0.364 e. The van der Waals surface area contributed by atoms with Gasteiger partial charge < -0.3 is 21.3 Å². The van der Waals surface area contributed by atoms with E-state index >= 15 is 0 Å². The van der Waals surface area contributed by atoms with E-state index in [4.69, 9.17) is 5.73 Å². The largest absolute Gasteiger partial charge is 0.416 e. The fraction of sp³-hybridized carbons (Fsp3) is 0.258. The topological polar surface area (TPSA) is 104 Å². The Labute approximate surface area is 241 Å². The molecule has 0 atom stereocenters. The maximum Gasteiger partial charge on any atom is 0.416 e. The molecule has 0 spiro atoms. The van der Waals surface area contributed by atoms with Crippen molar-refractivity contribution in [3.8, 4) is 11.1 Å². The van der Waals surface area contributed by atoms with E-state index in [9.17, 15) is 22.8 Å². The van der Waals surface area contributed by atoms with Gasteiger partial charge in [-0.2, -0.15) is 13.2 Å². The first kappa shape index (κ1) is 29.0. The SMILES string of the molecule is CCN1CCN(Cc2ccc(NC(=O)Nc3ccc(-c4cccc5c(C(N)=O)nccc45)cc3)cc2C(F)(F)F)CC1. The van der Waals surface area contributed by atoms with Gasteiger partial charge in [0.1, 0.15) is 5.69 Å². The molecule has 5 rings (SSSR count). The molecule has 0 aliphatic carbocycles. The van der Waals surface area contributed by atoms with Crippen molar-refractivity contribution in [3.05, 3.63) is 89.7 Å². The van der Waals surface area contributed by atoms with E-state index in [1.54, 1.807) is 42.5 Å². The highest BCUT2D eigenvalue weighted by molar-refractivity contribution is 6.08. The second-order valence-corrected chi connectivity index (χ2v) is 10.2. The summed E-state index contributed by atoms with van der Waals surface area (Å²) in [6, 6.07) is 17.5. The van der Waals surface area contributed by atoms with E-state index in [1.165, 1.54) is 18.3 Å². The van der Waals surface area contributed by atoms with Crippen molar-refractivity contribution in [2.45, 2.75) is 19.6 Å². The lowest BCUT2D eigenvalue weighted by atomic mass is 9.98. The lowest BCUT2D eigenvalue weighted by Gasteiger charge is -2.34. The summed E-state index contributed by atoms with van der Waals surface area (Å²) in [5.74, 6) is -0.620. The van der Waals surface area contributed by atoms with Crippen LogP contribution in [0.25, 0.3) is 21.9 Å². The lowest BCUT2D eigenvalue weighted by Crippen LogP contribution is -2.45. The number of anilines is 2. The van der Waals surface area contributed by atoms with E-state index in [2.05, 4.69) is 27.4 Å². The number of likely N-dealkylation sites (N-methyl/N-ethyl adjacent to an activating group) is 1. The minimum absolute atomic E-state index is 0.0469. The van der Waals surface area contributed by atoms with Crippen molar-refractivity contribution in [1.82, 2.24) is 14.8 Å². The fourth-order valence-electron chi connectivity index (χ4n) is 5.24. The summed E-state index contributed by atoms with van der Waals surface area (Å²) in [5, 5.41) is 6.61. The molecule has 2 heterocycles. The minimum Gasteiger partial charge on any atom is -0.364 e. The van der Waals surface area contributed by atoms with Gasteiger partial charge in [-0.1, -0.05) is 43.3 Å². The summed E-state index contributed by atoms with van der Waals surface area (Å²) in [5.41, 5.74) is 7.25. The van der Waals surface area contributed by atoms with Crippen LogP contribution in [0.1, 0.15) is 28.5 Å². The summed E-state index contributed by atoms with van der Waals surface area (Å²) in [6.07, 6.45) is -3.03. The minimum atomic E-state index is -4.56. The van der Waals surface area contributed by atoms with E-state index < -0.39 is 23.7 Å². The number of nitrogens with zero attached hydrogens (tertiary/aromatic N) is 3. The van der Waals surface area contributed by atoms with Gasteiger partial charge in [-0.25, -0.2) is 4.79 Å². The number of hydrogen-bond donors (Lipinski definition) is 3. The predicted octanol–water partition coefficient (Wildman–Crippen LogP) is 5.80. The number of nitrogens with two attached hydrogens (primary N) is 1. The molecule has 1 saturated heterocycles. The second-order valence-electron chi connectivity index (χ2n) is 10.2. The number of amides is 3. The Hall–Kier alpha value is -4.48. The number of pyridine rings is 1. The third-order valence-electron chi connectivity index (χ3n) is 7.47. The molecule has 0 radical (unpaired) electrons. The van der Waals surface area contributed by atoms with Crippen LogP contribution in [0.4, 0.5) is 29.3 Å². The van der Waals surface area contributed by atoms with Crippen LogP contribution >= 0.6 is 0 Å². The molecule has 218 valence electrons. The van der Waals surface area contributed by atoms with Gasteiger partial charge in [0.2, 0.25) is 0 Å². The molecule has 4 aromatic rings. The first-order chi connectivity index (χ1) is 20.1. The first-order valence-corrected chi connectivity index (χ1v) is 13.6. The molecular formula is C31H31F3N6O2. The second kappa shape index (κ2) is 12.2. The molecule has 0 unspecified atom stereocenters. The lowest BCUT2D eigenvalue weighted by molar-refractivity contribution is -0.138. The molecule has 0 bridgehead atoms. The number of carbonyl (C=O) groups excluding carboxylic acids is 2. The third-order valence-corrected chi connectivity index (χ3v) is 7.47. The quantitative estimate of drug-likeness (QED) is 0.258. The number of urea groups is 1. The Balaban J connectivity index is 1.27. The Morgan fingerprint density at radius 1 is 0.881 bits per heavy atom. The number of primary amides is 1. The van der Waals surface area contributed by atoms with Crippen LogP contribution in [0, 0.1) is 0 Å². The van der Waals surface area contributed by atoms with Gasteiger partial charge in [0.05, 0.1) is 5.56 Å². The summed E-state index contributed by atoms with van der Waals surface area (Å²) in [7, 11) is 0. The van der Waals surface area contributed by atoms with Crippen molar-refractivity contribution < 1.29 is 22.8 Å². The van der Waals surface area contributed by atoms with E-state index in [-0.39, 0.29) is 23.5 Å². The summed E-state index contributed by atoms with van der Waals surface area (Å²) in [4.78, 5) is 32.8. The molecule has 1 aliphatic rings. The van der Waals surface area contributed by atoms with Gasteiger partial charge in [0.15, 0.2) is 0 Å². The molecule has 4 N–H and O–H groups in total. The maximum atomic E-state index is 13.9. The summed E-state index contributed by atoms with van der Waals surface area (Å²) < 4.78 is 41.8. The van der Waals surface area contributed by atoms with Crippen molar-refractivity contribution in [2.75, 3.05) is 43.4 Å². The van der Waals surface area contributed by atoms with Crippen molar-refractivity contribution >= 4 is 34.1 Å². The number of halogens is 3. The summed E-state index contributed by atoms with van der Waals surface area (Å²) >= 11 is 0. The number of alkyl halides is 3. The van der Waals surface area contributed by atoms with Gasteiger partial charge in [0.25, 0.3) is 5.91 Å². The Bertz CT molecular complexity index is 1600. The van der Waals surface area contributed by atoms with E-state index in [0.717, 1.165) is 42.2 Å². The standard InChI is InChI=1S/C31H31F3N6O2/c1-2-39-14-16-40(17-15-39)19-21-8-11-23(18-27(21)31(32,33)34)38-30(42)37-22-9-6-20(7-10-22)24-4-3-5-26-25(24)12-13-36-28(26)29(35)41/h3-13,18H,2,14-17,19H2,1H3,(H2,35,41)(H2,37,38,42). The van der Waals surface area contributed by atoms with Crippen LogP contribution in [-0.4, -0.2) is 59.4 Å². The van der Waals surface area contributed by atoms with Gasteiger partial charge >= 0.3 is 12.2 Å². The van der Waals surface area contributed by atoms with Gasteiger partial charge in [0, 0.05) is 55.7 Å². The Morgan fingerprint density at radius 3 is 2.21 bits per heavy atom. The highest BCUT2D eigenvalue weighted by Gasteiger charge is 2.34.